The lowest BCUT2D eigenvalue weighted by molar-refractivity contribution is -0.116. The maximum Gasteiger partial charge on any atom is 0.317 e. The highest BCUT2D eigenvalue weighted by Gasteiger charge is 2.22. The number of anilines is 1. The quantitative estimate of drug-likeness (QED) is 0.729. The topological polar surface area (TPSA) is 89.1 Å². The summed E-state index contributed by atoms with van der Waals surface area (Å²) in [5, 5.41) is 5.62. The predicted octanol–water partition coefficient (Wildman–Crippen LogP) is 2.81. The molecule has 0 unspecified atom stereocenters. The van der Waals surface area contributed by atoms with E-state index in [4.69, 9.17) is 14.2 Å². The van der Waals surface area contributed by atoms with Crippen molar-refractivity contribution in [2.75, 3.05) is 39.7 Å². The first-order chi connectivity index (χ1) is 14.5. The summed E-state index contributed by atoms with van der Waals surface area (Å²) in [4.78, 5) is 26.4. The molecule has 3 rings (SSSR count). The molecule has 2 aromatic rings. The molecule has 0 bridgehead atoms. The molecule has 8 nitrogen and oxygen atoms in total. The number of benzene rings is 2. The molecule has 1 aliphatic rings. The molecule has 0 fully saturated rings. The van der Waals surface area contributed by atoms with Crippen LogP contribution in [-0.4, -0.2) is 51.3 Å². The van der Waals surface area contributed by atoms with E-state index in [-0.39, 0.29) is 24.9 Å². The largest absolute Gasteiger partial charge is 0.497 e. The Morgan fingerprint density at radius 1 is 1.00 bits per heavy atom. The number of nitrogens with zero attached hydrogens (tertiary/aromatic N) is 1. The Labute approximate surface area is 176 Å². The molecular weight excluding hydrogens is 386 g/mol. The first-order valence-corrected chi connectivity index (χ1v) is 9.74. The highest BCUT2D eigenvalue weighted by Crippen LogP contribution is 2.33. The number of methoxy groups -OCH3 is 3. The van der Waals surface area contributed by atoms with E-state index < -0.39 is 0 Å². The molecule has 2 aromatic carbocycles. The minimum atomic E-state index is -0.190. The molecule has 0 spiro atoms. The van der Waals surface area contributed by atoms with Gasteiger partial charge in [0.2, 0.25) is 5.91 Å². The van der Waals surface area contributed by atoms with Gasteiger partial charge < -0.3 is 29.7 Å². The van der Waals surface area contributed by atoms with Crippen LogP contribution in [0, 0.1) is 0 Å². The fourth-order valence-corrected chi connectivity index (χ4v) is 3.38. The van der Waals surface area contributed by atoms with Crippen LogP contribution in [-0.2, 0) is 17.8 Å². The SMILES string of the molecule is COc1cccc(NC(=O)CCNC(=O)N2CCc3cc(OC)c(OC)cc3C2)c1. The van der Waals surface area contributed by atoms with Crippen molar-refractivity contribution in [3.63, 3.8) is 0 Å². The van der Waals surface area contributed by atoms with Crippen molar-refractivity contribution in [1.82, 2.24) is 10.2 Å². The van der Waals surface area contributed by atoms with Crippen molar-refractivity contribution < 1.29 is 23.8 Å². The van der Waals surface area contributed by atoms with E-state index in [9.17, 15) is 9.59 Å². The van der Waals surface area contributed by atoms with Gasteiger partial charge in [-0.15, -0.1) is 0 Å². The van der Waals surface area contributed by atoms with Crippen molar-refractivity contribution in [1.29, 1.82) is 0 Å². The van der Waals surface area contributed by atoms with Crippen LogP contribution < -0.4 is 24.8 Å². The normalized spacial score (nSPS) is 12.6. The molecule has 0 aromatic heterocycles. The summed E-state index contributed by atoms with van der Waals surface area (Å²) >= 11 is 0. The monoisotopic (exact) mass is 413 g/mol. The average Bonchev–Trinajstić information content (AvgIpc) is 2.77. The second-order valence-corrected chi connectivity index (χ2v) is 6.91. The Kier molecular flexibility index (Phi) is 7.00. The van der Waals surface area contributed by atoms with E-state index in [1.54, 1.807) is 50.5 Å². The first kappa shape index (κ1) is 21.3. The Hall–Kier alpha value is -3.42. The van der Waals surface area contributed by atoms with Crippen LogP contribution >= 0.6 is 0 Å². The molecule has 0 radical (unpaired) electrons. The van der Waals surface area contributed by atoms with E-state index in [2.05, 4.69) is 10.6 Å². The number of nitrogens with one attached hydrogen (secondary N) is 2. The number of carbonyl (C=O) groups is 2. The van der Waals surface area contributed by atoms with Gasteiger partial charge >= 0.3 is 6.03 Å². The summed E-state index contributed by atoms with van der Waals surface area (Å²) in [6, 6.07) is 10.8. The van der Waals surface area contributed by atoms with Crippen LogP contribution in [0.3, 0.4) is 0 Å². The molecule has 1 aliphatic heterocycles. The number of hydrogen-bond donors (Lipinski definition) is 2. The van der Waals surface area contributed by atoms with Crippen LogP contribution in [0.5, 0.6) is 17.2 Å². The third-order valence-electron chi connectivity index (χ3n) is 4.99. The second-order valence-electron chi connectivity index (χ2n) is 6.91. The summed E-state index contributed by atoms with van der Waals surface area (Å²) < 4.78 is 15.8. The highest BCUT2D eigenvalue weighted by atomic mass is 16.5. The van der Waals surface area contributed by atoms with Gasteiger partial charge in [-0.1, -0.05) is 6.07 Å². The maximum absolute atomic E-state index is 12.5. The van der Waals surface area contributed by atoms with Gasteiger partial charge in [-0.3, -0.25) is 4.79 Å². The van der Waals surface area contributed by atoms with Crippen molar-refractivity contribution in [3.05, 3.63) is 47.5 Å². The zero-order chi connectivity index (χ0) is 21.5. The number of rotatable bonds is 7. The lowest BCUT2D eigenvalue weighted by Crippen LogP contribution is -2.43. The van der Waals surface area contributed by atoms with E-state index in [1.165, 1.54) is 0 Å². The zero-order valence-electron chi connectivity index (χ0n) is 17.5. The molecule has 0 saturated heterocycles. The van der Waals surface area contributed by atoms with Crippen molar-refractivity contribution in [2.24, 2.45) is 0 Å². The minimum Gasteiger partial charge on any atom is -0.497 e. The number of carbonyl (C=O) groups excluding carboxylic acids is 2. The Balaban J connectivity index is 1.49. The third-order valence-corrected chi connectivity index (χ3v) is 4.99. The summed E-state index contributed by atoms with van der Waals surface area (Å²) in [7, 11) is 4.77. The average molecular weight is 413 g/mol. The number of hydrogen-bond acceptors (Lipinski definition) is 5. The molecule has 160 valence electrons. The lowest BCUT2D eigenvalue weighted by atomic mass is 9.99. The smallest absolute Gasteiger partial charge is 0.317 e. The van der Waals surface area contributed by atoms with Crippen molar-refractivity contribution >= 4 is 17.6 Å². The number of ether oxygens (including phenoxy) is 3. The van der Waals surface area contributed by atoms with Crippen LogP contribution in [0.15, 0.2) is 36.4 Å². The molecule has 3 amide bonds. The summed E-state index contributed by atoms with van der Waals surface area (Å²) in [6.07, 6.45) is 0.915. The predicted molar refractivity (Wildman–Crippen MR) is 113 cm³/mol. The number of urea groups is 1. The Morgan fingerprint density at radius 3 is 2.43 bits per heavy atom. The van der Waals surface area contributed by atoms with Crippen molar-refractivity contribution in [2.45, 2.75) is 19.4 Å². The van der Waals surface area contributed by atoms with E-state index in [1.807, 2.05) is 12.1 Å². The summed E-state index contributed by atoms with van der Waals surface area (Å²) in [5.74, 6) is 1.83. The molecule has 1 heterocycles. The fourth-order valence-electron chi connectivity index (χ4n) is 3.38. The summed E-state index contributed by atoms with van der Waals surface area (Å²) in [5.41, 5.74) is 2.84. The van der Waals surface area contributed by atoms with Gasteiger partial charge in [0.1, 0.15) is 5.75 Å². The Morgan fingerprint density at radius 2 is 1.73 bits per heavy atom. The maximum atomic E-state index is 12.5. The van der Waals surface area contributed by atoms with Gasteiger partial charge in [-0.2, -0.15) is 0 Å². The van der Waals surface area contributed by atoms with E-state index in [0.717, 1.165) is 17.5 Å². The molecule has 8 heteroatoms. The molecule has 2 N–H and O–H groups in total. The molecule has 30 heavy (non-hydrogen) atoms. The van der Waals surface area contributed by atoms with Gasteiger partial charge in [-0.05, 0) is 41.8 Å². The van der Waals surface area contributed by atoms with Crippen LogP contribution in [0.1, 0.15) is 17.5 Å². The highest BCUT2D eigenvalue weighted by molar-refractivity contribution is 5.91. The van der Waals surface area contributed by atoms with Gasteiger partial charge in [0.05, 0.1) is 21.3 Å². The molecule has 0 atom stereocenters. The van der Waals surface area contributed by atoms with Crippen LogP contribution in [0.25, 0.3) is 0 Å². The minimum absolute atomic E-state index is 0.177. The number of fused-ring (bicyclic) bond motifs is 1. The lowest BCUT2D eigenvalue weighted by Gasteiger charge is -2.29. The van der Waals surface area contributed by atoms with E-state index >= 15 is 0 Å². The summed E-state index contributed by atoms with van der Waals surface area (Å²) in [6.45, 7) is 1.34. The second kappa shape index (κ2) is 9.87. The van der Waals surface area contributed by atoms with Gasteiger partial charge in [0.15, 0.2) is 11.5 Å². The van der Waals surface area contributed by atoms with Gasteiger partial charge in [-0.25, -0.2) is 4.79 Å². The van der Waals surface area contributed by atoms with Gasteiger partial charge in [0.25, 0.3) is 0 Å². The third kappa shape index (κ3) is 5.14. The molecule has 0 saturated carbocycles. The number of amides is 3. The standard InChI is InChI=1S/C22H27N3O5/c1-28-18-6-4-5-17(13-18)24-21(26)7-9-23-22(27)25-10-8-15-11-19(29-2)20(30-3)12-16(15)14-25/h4-6,11-13H,7-10,14H2,1-3H3,(H,23,27)(H,24,26). The molecular formula is C22H27N3O5. The van der Waals surface area contributed by atoms with E-state index in [0.29, 0.717) is 36.0 Å². The zero-order valence-corrected chi connectivity index (χ0v) is 17.5. The molecule has 0 aliphatic carbocycles. The van der Waals surface area contributed by atoms with Crippen molar-refractivity contribution in [3.8, 4) is 17.2 Å². The van der Waals surface area contributed by atoms with Crippen LogP contribution in [0.2, 0.25) is 0 Å². The fraction of sp³-hybridized carbons (Fsp3) is 0.364. The van der Waals surface area contributed by atoms with Crippen LogP contribution in [0.4, 0.5) is 10.5 Å². The Bertz CT molecular complexity index is 916. The van der Waals surface area contributed by atoms with Gasteiger partial charge in [0, 0.05) is 37.8 Å². The first-order valence-electron chi connectivity index (χ1n) is 9.74.